The molecule has 0 radical (unpaired) electrons. The highest BCUT2D eigenvalue weighted by molar-refractivity contribution is 5.28. The third kappa shape index (κ3) is 5.46. The van der Waals surface area contributed by atoms with Gasteiger partial charge in [-0.2, -0.15) is 0 Å². The average Bonchev–Trinajstić information content (AvgIpc) is 2.76. The Morgan fingerprint density at radius 2 is 1.36 bits per heavy atom. The monoisotopic (exact) mass is 372 g/mol. The topological polar surface area (TPSA) is 13.7 Å². The Kier molecular flexibility index (Phi) is 6.41. The Morgan fingerprint density at radius 3 is 2.07 bits per heavy atom. The van der Waals surface area contributed by atoms with Gasteiger partial charge in [0.05, 0.1) is 13.1 Å². The van der Waals surface area contributed by atoms with E-state index in [-0.39, 0.29) is 0 Å². The SMILES string of the molecule is c1ccc(COc2cccc(C[NH+]3CCC(Cc4ccccc4)CC3)c2)cc1. The van der Waals surface area contributed by atoms with Gasteiger partial charge in [0, 0.05) is 5.56 Å². The Labute approximate surface area is 168 Å². The van der Waals surface area contributed by atoms with Crippen LogP contribution in [0.25, 0.3) is 0 Å². The van der Waals surface area contributed by atoms with E-state index in [4.69, 9.17) is 4.74 Å². The largest absolute Gasteiger partial charge is 0.489 e. The maximum absolute atomic E-state index is 6.00. The fraction of sp³-hybridized carbons (Fsp3) is 0.308. The molecule has 0 unspecified atom stereocenters. The van der Waals surface area contributed by atoms with Gasteiger partial charge in [-0.1, -0.05) is 72.8 Å². The minimum Gasteiger partial charge on any atom is -0.489 e. The van der Waals surface area contributed by atoms with Crippen LogP contribution in [0.2, 0.25) is 0 Å². The lowest BCUT2D eigenvalue weighted by molar-refractivity contribution is -0.919. The number of benzene rings is 3. The predicted octanol–water partition coefficient (Wildman–Crippen LogP) is 4.30. The van der Waals surface area contributed by atoms with Crippen LogP contribution in [-0.4, -0.2) is 13.1 Å². The number of hydrogen-bond donors (Lipinski definition) is 1. The predicted molar refractivity (Wildman–Crippen MR) is 114 cm³/mol. The van der Waals surface area contributed by atoms with E-state index in [1.54, 1.807) is 4.90 Å². The molecule has 0 bridgehead atoms. The number of nitrogens with one attached hydrogen (secondary N) is 1. The number of hydrogen-bond acceptors (Lipinski definition) is 1. The second-order valence-electron chi connectivity index (χ2n) is 7.98. The van der Waals surface area contributed by atoms with E-state index < -0.39 is 0 Å². The van der Waals surface area contributed by atoms with Crippen LogP contribution in [0, 0.1) is 5.92 Å². The van der Waals surface area contributed by atoms with Gasteiger partial charge in [0.25, 0.3) is 0 Å². The molecule has 1 aliphatic rings. The van der Waals surface area contributed by atoms with Crippen LogP contribution in [0.3, 0.4) is 0 Å². The van der Waals surface area contributed by atoms with Crippen molar-refractivity contribution in [1.29, 1.82) is 0 Å². The third-order valence-electron chi connectivity index (χ3n) is 5.78. The molecule has 0 spiro atoms. The molecule has 1 saturated heterocycles. The lowest BCUT2D eigenvalue weighted by atomic mass is 9.90. The summed E-state index contributed by atoms with van der Waals surface area (Å²) in [5.41, 5.74) is 4.07. The first kappa shape index (κ1) is 18.8. The smallest absolute Gasteiger partial charge is 0.120 e. The zero-order valence-corrected chi connectivity index (χ0v) is 16.5. The molecule has 1 heterocycles. The van der Waals surface area contributed by atoms with Crippen LogP contribution in [-0.2, 0) is 19.6 Å². The van der Waals surface area contributed by atoms with Crippen LogP contribution in [0.1, 0.15) is 29.5 Å². The van der Waals surface area contributed by atoms with Gasteiger partial charge in [-0.15, -0.1) is 0 Å². The first-order valence-electron chi connectivity index (χ1n) is 10.5. The second kappa shape index (κ2) is 9.57. The van der Waals surface area contributed by atoms with Crippen LogP contribution < -0.4 is 9.64 Å². The summed E-state index contributed by atoms with van der Waals surface area (Å²) in [6, 6.07) is 29.9. The normalized spacial score (nSPS) is 19.3. The molecule has 3 aromatic rings. The fourth-order valence-corrected chi connectivity index (χ4v) is 4.19. The maximum Gasteiger partial charge on any atom is 0.120 e. The summed E-state index contributed by atoms with van der Waals surface area (Å²) >= 11 is 0. The zero-order valence-electron chi connectivity index (χ0n) is 16.5. The van der Waals surface area contributed by atoms with E-state index in [9.17, 15) is 0 Å². The van der Waals surface area contributed by atoms with Crippen LogP contribution in [0.5, 0.6) is 5.75 Å². The molecule has 2 nitrogen and oxygen atoms in total. The highest BCUT2D eigenvalue weighted by atomic mass is 16.5. The van der Waals surface area contributed by atoms with Crippen molar-refractivity contribution in [2.75, 3.05) is 13.1 Å². The lowest BCUT2D eigenvalue weighted by Gasteiger charge is -2.29. The molecule has 0 aromatic heterocycles. The molecule has 0 saturated carbocycles. The summed E-state index contributed by atoms with van der Waals surface area (Å²) in [5.74, 6) is 1.81. The maximum atomic E-state index is 6.00. The van der Waals surface area contributed by atoms with Crippen LogP contribution in [0.4, 0.5) is 0 Å². The van der Waals surface area contributed by atoms with Crippen LogP contribution >= 0.6 is 0 Å². The van der Waals surface area contributed by atoms with Crippen molar-refractivity contribution in [3.63, 3.8) is 0 Å². The Hall–Kier alpha value is -2.58. The number of rotatable bonds is 7. The number of quaternary nitrogens is 1. The molecule has 3 aromatic carbocycles. The van der Waals surface area contributed by atoms with Gasteiger partial charge < -0.3 is 9.64 Å². The number of piperidine rings is 1. The molecule has 1 N–H and O–H groups in total. The van der Waals surface area contributed by atoms with Crippen molar-refractivity contribution in [3.8, 4) is 5.75 Å². The van der Waals surface area contributed by atoms with Gasteiger partial charge in [0.1, 0.15) is 18.9 Å². The molecular weight excluding hydrogens is 342 g/mol. The van der Waals surface area contributed by atoms with Crippen molar-refractivity contribution in [3.05, 3.63) is 102 Å². The van der Waals surface area contributed by atoms with Crippen molar-refractivity contribution in [2.24, 2.45) is 5.92 Å². The molecule has 4 rings (SSSR count). The molecule has 0 atom stereocenters. The van der Waals surface area contributed by atoms with Gasteiger partial charge in [-0.25, -0.2) is 0 Å². The molecule has 2 heteroatoms. The zero-order chi connectivity index (χ0) is 19.0. The molecule has 144 valence electrons. The fourth-order valence-electron chi connectivity index (χ4n) is 4.19. The highest BCUT2D eigenvalue weighted by Gasteiger charge is 2.22. The van der Waals surface area contributed by atoms with E-state index in [1.165, 1.54) is 49.0 Å². The summed E-state index contributed by atoms with van der Waals surface area (Å²) in [4.78, 5) is 1.70. The molecule has 1 fully saturated rings. The number of ether oxygens (including phenoxy) is 1. The molecule has 1 aliphatic heterocycles. The summed E-state index contributed by atoms with van der Waals surface area (Å²) in [5, 5.41) is 0. The quantitative estimate of drug-likeness (QED) is 0.653. The first-order chi connectivity index (χ1) is 13.8. The van der Waals surface area contributed by atoms with Gasteiger partial charge in [0.15, 0.2) is 0 Å². The van der Waals surface area contributed by atoms with Crippen molar-refractivity contribution in [2.45, 2.75) is 32.4 Å². The molecule has 0 aliphatic carbocycles. The Bertz CT molecular complexity index is 839. The molecule has 28 heavy (non-hydrogen) atoms. The van der Waals surface area contributed by atoms with Gasteiger partial charge in [0.2, 0.25) is 0 Å². The summed E-state index contributed by atoms with van der Waals surface area (Å²) in [6.45, 7) is 4.27. The van der Waals surface area contributed by atoms with E-state index in [1.807, 2.05) is 6.07 Å². The molecular formula is C26H30NO+. The van der Waals surface area contributed by atoms with E-state index in [0.29, 0.717) is 6.61 Å². The van der Waals surface area contributed by atoms with Crippen molar-refractivity contribution >= 4 is 0 Å². The van der Waals surface area contributed by atoms with Crippen molar-refractivity contribution in [1.82, 2.24) is 0 Å². The summed E-state index contributed by atoms with van der Waals surface area (Å²) in [7, 11) is 0. The standard InChI is InChI=1S/C26H29NO/c1-3-8-22(9-4-1)18-23-14-16-27(17-15-23)20-25-12-7-13-26(19-25)28-21-24-10-5-2-6-11-24/h1-13,19,23H,14-18,20-21H2/p+1. The van der Waals surface area contributed by atoms with Gasteiger partial charge in [-0.3, -0.25) is 0 Å². The van der Waals surface area contributed by atoms with E-state index in [0.717, 1.165) is 18.2 Å². The van der Waals surface area contributed by atoms with Gasteiger partial charge in [-0.05, 0) is 48.4 Å². The minimum absolute atomic E-state index is 0.627. The minimum atomic E-state index is 0.627. The van der Waals surface area contributed by atoms with Gasteiger partial charge >= 0.3 is 0 Å². The summed E-state index contributed by atoms with van der Waals surface area (Å²) < 4.78 is 6.00. The Balaban J connectivity index is 1.26. The summed E-state index contributed by atoms with van der Waals surface area (Å²) in [6.07, 6.45) is 3.89. The Morgan fingerprint density at radius 1 is 0.714 bits per heavy atom. The average molecular weight is 373 g/mol. The lowest BCUT2D eigenvalue weighted by Crippen LogP contribution is -3.11. The second-order valence-corrected chi connectivity index (χ2v) is 7.98. The molecule has 0 amide bonds. The highest BCUT2D eigenvalue weighted by Crippen LogP contribution is 2.18. The van der Waals surface area contributed by atoms with E-state index >= 15 is 0 Å². The van der Waals surface area contributed by atoms with Crippen LogP contribution in [0.15, 0.2) is 84.9 Å². The van der Waals surface area contributed by atoms with E-state index in [2.05, 4.69) is 78.9 Å². The first-order valence-corrected chi connectivity index (χ1v) is 10.5. The van der Waals surface area contributed by atoms with Crippen molar-refractivity contribution < 1.29 is 9.64 Å². The number of likely N-dealkylation sites (tertiary alicyclic amines) is 1. The third-order valence-corrected chi connectivity index (χ3v) is 5.78.